The lowest BCUT2D eigenvalue weighted by Gasteiger charge is -2.60. The first-order valence-electron chi connectivity index (χ1n) is 22.5. The van der Waals surface area contributed by atoms with Gasteiger partial charge in [-0.25, -0.2) is 9.59 Å². The quantitative estimate of drug-likeness (QED) is 0.157. The van der Waals surface area contributed by atoms with Crippen LogP contribution in [-0.4, -0.2) is 103 Å². The first-order valence-corrected chi connectivity index (χ1v) is 22.5. The molecule has 17 nitrogen and oxygen atoms in total. The Hall–Kier alpha value is -5.94. The number of aromatic nitrogens is 2. The monoisotopic (exact) mass is 891 g/mol. The van der Waals surface area contributed by atoms with Gasteiger partial charge in [-0.1, -0.05) is 65.8 Å². The number of nitrogens with one attached hydrogen (secondary N) is 2. The number of amides is 6. The van der Waals surface area contributed by atoms with Crippen LogP contribution in [0.1, 0.15) is 121 Å². The summed E-state index contributed by atoms with van der Waals surface area (Å²) in [6.07, 6.45) is 2.74. The highest BCUT2D eigenvalue weighted by molar-refractivity contribution is 6.01. The maximum Gasteiger partial charge on any atom is 0.411 e. The van der Waals surface area contributed by atoms with E-state index in [0.29, 0.717) is 67.7 Å². The first-order chi connectivity index (χ1) is 30.5. The molecule has 3 fully saturated rings. The Kier molecular flexibility index (Phi) is 11.0. The maximum atomic E-state index is 15.0. The number of nitrogens with two attached hydrogens (primary N) is 2. The number of primary amides is 2. The molecule has 6 amide bonds. The van der Waals surface area contributed by atoms with Gasteiger partial charge in [-0.3, -0.25) is 49.6 Å². The number of pyridine rings is 2. The molecule has 2 aliphatic carbocycles. The molecule has 5 unspecified atom stereocenters. The van der Waals surface area contributed by atoms with Crippen LogP contribution in [0.15, 0.2) is 60.9 Å². The standard InChI is InChI=1S/C48H61N9O8/c1-27-22-33(32-10-8-20-55(32)47(39(60)53-41(62)63)34-18-14-29(25-51-34)44(47,5)23-37(49)58)57(31-16-12-28(13-17-31)43(2,3)4)46(27,7)36-11-9-21-56(36)48(40(61)54-42(64)65)35-19-15-30(26-52-35)45(48,6)24-38(50)59/h12-19,25-27,32-33,36H,8-11,20-24H2,1-7H3,(H2,49,58)(H2,50,59)(H,53,60)(H,54,61)(H,62,63)(H,64,65)/t27?,32?,33-,36?,44?,45?,46-,47+,48+/m1/s1. The summed E-state index contributed by atoms with van der Waals surface area (Å²) < 4.78 is 0. The topological polar surface area (TPSA) is 254 Å². The molecular formula is C48H61N9O8. The lowest BCUT2D eigenvalue weighted by molar-refractivity contribution is -0.146. The highest BCUT2D eigenvalue weighted by Gasteiger charge is 2.70. The molecule has 8 N–H and O–H groups in total. The van der Waals surface area contributed by atoms with Crippen LogP contribution in [0.2, 0.25) is 0 Å². The molecular weight excluding hydrogens is 831 g/mol. The Morgan fingerprint density at radius 1 is 0.708 bits per heavy atom. The van der Waals surface area contributed by atoms with E-state index >= 15 is 4.79 Å². The third-order valence-corrected chi connectivity index (χ3v) is 16.3. The number of hydrogen-bond donors (Lipinski definition) is 6. The number of benzene rings is 1. The molecule has 0 radical (unpaired) electrons. The summed E-state index contributed by atoms with van der Waals surface area (Å²) in [5, 5.41) is 24.6. The van der Waals surface area contributed by atoms with Crippen LogP contribution in [0.25, 0.3) is 0 Å². The fraction of sp³-hybridized carbons (Fsp3) is 0.542. The van der Waals surface area contributed by atoms with Crippen LogP contribution in [0.3, 0.4) is 0 Å². The van der Waals surface area contributed by atoms with E-state index < -0.39 is 75.3 Å². The minimum absolute atomic E-state index is 0.120. The van der Waals surface area contributed by atoms with Gasteiger partial charge in [0.05, 0.1) is 16.9 Å². The number of carboxylic acid groups (broad SMARTS) is 2. The van der Waals surface area contributed by atoms with E-state index in [4.69, 9.17) is 21.4 Å². The van der Waals surface area contributed by atoms with Gasteiger partial charge in [0, 0.05) is 73.0 Å². The van der Waals surface area contributed by atoms with E-state index in [0.717, 1.165) is 11.3 Å². The number of anilines is 1. The number of carbonyl (C=O) groups is 6. The van der Waals surface area contributed by atoms with Gasteiger partial charge >= 0.3 is 12.2 Å². The number of carbonyl (C=O) groups excluding carboxylic acids is 4. The Balaban J connectivity index is 1.33. The zero-order chi connectivity index (χ0) is 47.2. The summed E-state index contributed by atoms with van der Waals surface area (Å²) in [6.45, 7) is 15.1. The number of rotatable bonds is 11. The van der Waals surface area contributed by atoms with Gasteiger partial charge in [0.25, 0.3) is 11.8 Å². The van der Waals surface area contributed by atoms with Crippen LogP contribution in [0.4, 0.5) is 15.3 Å². The van der Waals surface area contributed by atoms with Crippen molar-refractivity contribution in [2.45, 2.75) is 144 Å². The summed E-state index contributed by atoms with van der Waals surface area (Å²) in [5.74, 6) is -3.07. The number of fused-ring (bicyclic) bond motifs is 6. The van der Waals surface area contributed by atoms with Gasteiger partial charge in [0.2, 0.25) is 11.8 Å². The Morgan fingerprint density at radius 3 is 1.63 bits per heavy atom. The van der Waals surface area contributed by atoms with E-state index in [2.05, 4.69) is 84.2 Å². The van der Waals surface area contributed by atoms with E-state index in [1.54, 1.807) is 38.4 Å². The largest absolute Gasteiger partial charge is 0.465 e. The first kappa shape index (κ1) is 45.6. The Labute approximate surface area is 378 Å². The fourth-order valence-electron chi connectivity index (χ4n) is 13.4. The van der Waals surface area contributed by atoms with E-state index in [9.17, 15) is 34.2 Å². The van der Waals surface area contributed by atoms with Gasteiger partial charge in [-0.05, 0) is 91.3 Å². The molecule has 1 aromatic carbocycles. The molecule has 7 heterocycles. The minimum atomic E-state index is -1.77. The highest BCUT2D eigenvalue weighted by Crippen LogP contribution is 2.60. The number of imide groups is 2. The van der Waals surface area contributed by atoms with Crippen molar-refractivity contribution >= 4 is 41.5 Å². The van der Waals surface area contributed by atoms with Gasteiger partial charge in [-0.15, -0.1) is 0 Å². The lowest BCUT2D eigenvalue weighted by Crippen LogP contribution is -2.74. The highest BCUT2D eigenvalue weighted by atomic mass is 16.4. The van der Waals surface area contributed by atoms with Gasteiger partial charge < -0.3 is 26.6 Å². The molecule has 3 aromatic rings. The third-order valence-electron chi connectivity index (χ3n) is 16.3. The average Bonchev–Trinajstić information content (AvgIpc) is 3.97. The fourth-order valence-corrected chi connectivity index (χ4v) is 13.4. The van der Waals surface area contributed by atoms with Crippen molar-refractivity contribution in [2.24, 2.45) is 17.4 Å². The molecule has 7 aliphatic rings. The van der Waals surface area contributed by atoms with E-state index in [1.165, 1.54) is 0 Å². The molecule has 0 spiro atoms. The zero-order valence-electron chi connectivity index (χ0n) is 38.2. The van der Waals surface area contributed by atoms with Crippen LogP contribution in [0.5, 0.6) is 0 Å². The molecule has 2 aromatic heterocycles. The summed E-state index contributed by atoms with van der Waals surface area (Å²) in [7, 11) is 0. The van der Waals surface area contributed by atoms with E-state index in [1.807, 2.05) is 12.1 Å². The number of hydrogen-bond acceptors (Lipinski definition) is 11. The van der Waals surface area contributed by atoms with Crippen LogP contribution in [0, 0.1) is 5.92 Å². The molecule has 9 atom stereocenters. The van der Waals surface area contributed by atoms with Crippen molar-refractivity contribution in [1.82, 2.24) is 30.4 Å². The van der Waals surface area contributed by atoms with Crippen LogP contribution < -0.4 is 27.0 Å². The molecule has 0 saturated carbocycles. The van der Waals surface area contributed by atoms with Gasteiger partial charge in [0.1, 0.15) is 0 Å². The summed E-state index contributed by atoms with van der Waals surface area (Å²) >= 11 is 0. The molecule has 65 heavy (non-hydrogen) atoms. The van der Waals surface area contributed by atoms with E-state index in [-0.39, 0.29) is 30.2 Å². The molecule has 17 heteroatoms. The number of likely N-dealkylation sites (tertiary alicyclic amines) is 2. The molecule has 4 bridgehead atoms. The summed E-state index contributed by atoms with van der Waals surface area (Å²) in [4.78, 5) is 97.0. The minimum Gasteiger partial charge on any atom is -0.465 e. The predicted molar refractivity (Wildman–Crippen MR) is 240 cm³/mol. The summed E-state index contributed by atoms with van der Waals surface area (Å²) in [5.41, 5.74) is 8.61. The van der Waals surface area contributed by atoms with Crippen molar-refractivity contribution in [2.75, 3.05) is 18.0 Å². The molecule has 10 rings (SSSR count). The second-order valence-electron chi connectivity index (χ2n) is 20.6. The van der Waals surface area contributed by atoms with Crippen molar-refractivity contribution in [3.05, 3.63) is 89.0 Å². The molecule has 346 valence electrons. The Bertz CT molecular complexity index is 2440. The average molecular weight is 892 g/mol. The SMILES string of the molecule is CC1C[C@H](C2CCCN2[C@]2(C(=O)NC(=O)O)c3ccc(cn3)C2(C)CC(N)=O)N(c2ccc(C(C)(C)C)cc2)[C@@]1(C)C1CCCN1[C@]1(C(=O)NC(=O)O)c2ccc(cn2)C1(C)CC(N)=O. The van der Waals surface area contributed by atoms with Crippen molar-refractivity contribution < 1.29 is 39.0 Å². The number of nitrogens with zero attached hydrogens (tertiary/aromatic N) is 5. The summed E-state index contributed by atoms with van der Waals surface area (Å²) in [6, 6.07) is 14.3. The molecule has 3 saturated heterocycles. The second kappa shape index (κ2) is 15.6. The predicted octanol–water partition coefficient (Wildman–Crippen LogP) is 4.35. The van der Waals surface area contributed by atoms with Crippen molar-refractivity contribution in [3.8, 4) is 0 Å². The van der Waals surface area contributed by atoms with Crippen molar-refractivity contribution in [1.29, 1.82) is 0 Å². The van der Waals surface area contributed by atoms with Gasteiger partial charge in [0.15, 0.2) is 11.1 Å². The Morgan fingerprint density at radius 2 is 1.18 bits per heavy atom. The zero-order valence-corrected chi connectivity index (χ0v) is 38.2. The smallest absolute Gasteiger partial charge is 0.411 e. The van der Waals surface area contributed by atoms with Crippen molar-refractivity contribution in [3.63, 3.8) is 0 Å². The maximum absolute atomic E-state index is 15.0. The van der Waals surface area contributed by atoms with Gasteiger partial charge in [-0.2, -0.15) is 0 Å². The normalized spacial score (nSPS) is 33.0. The lowest BCUT2D eigenvalue weighted by atomic mass is 9.58. The third kappa shape index (κ3) is 6.46. The molecule has 5 aliphatic heterocycles. The second-order valence-corrected chi connectivity index (χ2v) is 20.6. The van der Waals surface area contributed by atoms with Crippen LogP contribution in [-0.2, 0) is 46.5 Å². The van der Waals surface area contributed by atoms with Crippen LogP contribution >= 0.6 is 0 Å².